The first-order valence-corrected chi connectivity index (χ1v) is 13.2. The maximum atomic E-state index is 13.9. The molecule has 0 saturated carbocycles. The van der Waals surface area contributed by atoms with Crippen molar-refractivity contribution in [3.63, 3.8) is 0 Å². The summed E-state index contributed by atoms with van der Waals surface area (Å²) in [5.41, 5.74) is 6.53. The second-order valence-corrected chi connectivity index (χ2v) is 10.2. The third kappa shape index (κ3) is 8.99. The van der Waals surface area contributed by atoms with Gasteiger partial charge in [-0.3, -0.25) is 19.7 Å². The van der Waals surface area contributed by atoms with Crippen LogP contribution in [-0.2, 0) is 36.9 Å². The monoisotopic (exact) mass is 594 g/mol. The number of hydrogen-bond acceptors (Lipinski definition) is 7. The molecular weight excluding hydrogens is 561 g/mol. The molecule has 0 unspecified atom stereocenters. The van der Waals surface area contributed by atoms with E-state index in [0.717, 1.165) is 10.5 Å². The minimum atomic E-state index is -1.35. The molecule has 5 atom stereocenters. The van der Waals surface area contributed by atoms with Gasteiger partial charge in [-0.1, -0.05) is 30.3 Å². The Morgan fingerprint density at radius 1 is 1.07 bits per heavy atom. The zero-order chi connectivity index (χ0) is 31.0. The number of ether oxygens (including phenoxy) is 1. The largest absolute Gasteiger partial charge is 0.480 e. The van der Waals surface area contributed by atoms with Crippen LogP contribution in [0.3, 0.4) is 0 Å². The Labute approximate surface area is 239 Å². The number of nitrogens with zero attached hydrogens (tertiary/aromatic N) is 1. The lowest BCUT2D eigenvalue weighted by atomic mass is 10.0. The van der Waals surface area contributed by atoms with Gasteiger partial charge in [0.2, 0.25) is 11.8 Å². The molecule has 1 heterocycles. The molecular formula is C28H33F3N4O7. The Balaban J connectivity index is 1.54. The predicted octanol–water partition coefficient (Wildman–Crippen LogP) is 1.18. The minimum Gasteiger partial charge on any atom is -0.480 e. The van der Waals surface area contributed by atoms with Gasteiger partial charge >= 0.3 is 11.9 Å². The van der Waals surface area contributed by atoms with E-state index >= 15 is 0 Å². The van der Waals surface area contributed by atoms with Crippen LogP contribution >= 0.6 is 0 Å². The molecule has 1 aliphatic rings. The van der Waals surface area contributed by atoms with Gasteiger partial charge in [-0.2, -0.15) is 0 Å². The van der Waals surface area contributed by atoms with Crippen LogP contribution in [0, 0.1) is 17.5 Å². The highest BCUT2D eigenvalue weighted by Crippen LogP contribution is 2.21. The Morgan fingerprint density at radius 3 is 2.38 bits per heavy atom. The molecule has 0 aliphatic carbocycles. The molecule has 3 rings (SSSR count). The summed E-state index contributed by atoms with van der Waals surface area (Å²) in [5.74, 6) is -7.47. The number of amides is 2. The van der Waals surface area contributed by atoms with Crippen molar-refractivity contribution in [1.82, 2.24) is 15.5 Å². The van der Waals surface area contributed by atoms with Crippen LogP contribution in [0.25, 0.3) is 0 Å². The predicted molar refractivity (Wildman–Crippen MR) is 142 cm³/mol. The molecule has 2 aromatic carbocycles. The summed E-state index contributed by atoms with van der Waals surface area (Å²) >= 11 is 0. The maximum absolute atomic E-state index is 13.9. The second-order valence-electron chi connectivity index (χ2n) is 10.2. The Hall–Kier alpha value is -4.01. The molecule has 2 amide bonds. The zero-order valence-electron chi connectivity index (χ0n) is 22.8. The lowest BCUT2D eigenvalue weighted by Gasteiger charge is -2.27. The van der Waals surface area contributed by atoms with Crippen LogP contribution in [0.5, 0.6) is 0 Å². The number of nitrogens with one attached hydrogen (secondary N) is 2. The van der Waals surface area contributed by atoms with Crippen LogP contribution in [0.1, 0.15) is 30.9 Å². The highest BCUT2D eigenvalue weighted by Gasteiger charge is 2.42. The summed E-state index contributed by atoms with van der Waals surface area (Å²) in [6.07, 6.45) is -0.705. The highest BCUT2D eigenvalue weighted by molar-refractivity contribution is 5.88. The fourth-order valence-electron chi connectivity index (χ4n) is 4.70. The van der Waals surface area contributed by atoms with Crippen molar-refractivity contribution in [2.75, 3.05) is 13.2 Å². The number of rotatable bonds is 14. The first-order valence-electron chi connectivity index (χ1n) is 13.2. The van der Waals surface area contributed by atoms with Gasteiger partial charge in [0.1, 0.15) is 17.9 Å². The first kappa shape index (κ1) is 32.5. The molecule has 14 heteroatoms. The summed E-state index contributed by atoms with van der Waals surface area (Å²) in [6, 6.07) is 4.77. The van der Waals surface area contributed by atoms with Crippen LogP contribution in [-0.4, -0.2) is 82.2 Å². The third-order valence-electron chi connectivity index (χ3n) is 6.77. The van der Waals surface area contributed by atoms with Crippen molar-refractivity contribution in [1.29, 1.82) is 0 Å². The summed E-state index contributed by atoms with van der Waals surface area (Å²) in [7, 11) is 0. The number of carbonyl (C=O) groups excluding carboxylic acids is 2. The van der Waals surface area contributed by atoms with Crippen molar-refractivity contribution in [3.05, 3.63) is 71.0 Å². The van der Waals surface area contributed by atoms with E-state index in [2.05, 4.69) is 10.6 Å². The number of hydrogen-bond donors (Lipinski definition) is 5. The number of aliphatic carboxylic acids is 2. The van der Waals surface area contributed by atoms with Crippen LogP contribution < -0.4 is 16.4 Å². The normalized spacial score (nSPS) is 18.7. The molecule has 1 aliphatic heterocycles. The quantitative estimate of drug-likeness (QED) is 0.202. The van der Waals surface area contributed by atoms with Gasteiger partial charge in [-0.15, -0.1) is 0 Å². The first-order chi connectivity index (χ1) is 19.8. The lowest BCUT2D eigenvalue weighted by molar-refractivity contribution is -0.149. The molecule has 1 saturated heterocycles. The molecule has 6 N–H and O–H groups in total. The number of benzene rings is 2. The van der Waals surface area contributed by atoms with Crippen molar-refractivity contribution in [2.45, 2.75) is 63.0 Å². The summed E-state index contributed by atoms with van der Waals surface area (Å²) in [4.78, 5) is 50.4. The van der Waals surface area contributed by atoms with Gasteiger partial charge in [0.25, 0.3) is 0 Å². The van der Waals surface area contributed by atoms with Gasteiger partial charge in [-0.05, 0) is 30.5 Å². The topological polar surface area (TPSA) is 171 Å². The van der Waals surface area contributed by atoms with Crippen molar-refractivity contribution in [2.24, 2.45) is 5.73 Å². The Kier molecular flexibility index (Phi) is 11.4. The summed E-state index contributed by atoms with van der Waals surface area (Å²) in [5, 5.41) is 24.5. The average Bonchev–Trinajstić information content (AvgIpc) is 3.34. The Morgan fingerprint density at radius 2 is 1.74 bits per heavy atom. The number of carboxylic acids is 2. The molecule has 42 heavy (non-hydrogen) atoms. The number of carbonyl (C=O) groups is 4. The zero-order valence-corrected chi connectivity index (χ0v) is 22.8. The van der Waals surface area contributed by atoms with E-state index in [9.17, 15) is 42.6 Å². The van der Waals surface area contributed by atoms with E-state index in [0.29, 0.717) is 12.1 Å². The highest BCUT2D eigenvalue weighted by atomic mass is 19.2. The summed E-state index contributed by atoms with van der Waals surface area (Å²) in [6.45, 7) is 1.14. The molecule has 0 aromatic heterocycles. The SMILES string of the molecule is C[C@H](N[C@@H](COCc1ccccc1)C(=O)O)C(=O)N1C[C@@H](NC(=O)C[C@H](N)Cc2cc(F)c(F)cc2F)C[C@H]1C(=O)O. The standard InChI is InChI=1S/C28H33F3N4O7/c1-15(33-23(27(38)39)14-42-13-16-5-3-2-4-6-16)26(37)35-12-19(10-24(35)28(40)41)34-25(36)9-18(32)7-17-8-21(30)22(31)11-20(17)29/h2-6,8,11,15,18-19,23-24,33H,7,9-10,12-14,32H2,1H3,(H,34,36)(H,38,39)(H,40,41)/t15-,18+,19-,23-,24-/m0/s1. The van der Waals surface area contributed by atoms with Crippen molar-refractivity contribution < 1.29 is 47.3 Å². The van der Waals surface area contributed by atoms with E-state index in [1.807, 2.05) is 30.3 Å². The number of carboxylic acid groups (broad SMARTS) is 2. The fourth-order valence-corrected chi connectivity index (χ4v) is 4.70. The second kappa shape index (κ2) is 14.8. The van der Waals surface area contributed by atoms with E-state index < -0.39 is 71.4 Å². The van der Waals surface area contributed by atoms with Crippen molar-refractivity contribution in [3.8, 4) is 0 Å². The molecule has 0 spiro atoms. The molecule has 228 valence electrons. The molecule has 0 bridgehead atoms. The van der Waals surface area contributed by atoms with E-state index in [1.165, 1.54) is 6.92 Å². The van der Waals surface area contributed by atoms with Gasteiger partial charge in [-0.25, -0.2) is 18.0 Å². The van der Waals surface area contributed by atoms with Gasteiger partial charge in [0.15, 0.2) is 11.6 Å². The fraction of sp³-hybridized carbons (Fsp3) is 0.429. The molecule has 2 aromatic rings. The lowest BCUT2D eigenvalue weighted by Crippen LogP contribution is -2.54. The van der Waals surface area contributed by atoms with Gasteiger partial charge in [0, 0.05) is 37.5 Å². The van der Waals surface area contributed by atoms with E-state index in [-0.39, 0.29) is 44.6 Å². The molecule has 0 radical (unpaired) electrons. The van der Waals surface area contributed by atoms with E-state index in [4.69, 9.17) is 10.5 Å². The van der Waals surface area contributed by atoms with Crippen molar-refractivity contribution >= 4 is 23.8 Å². The third-order valence-corrected chi connectivity index (χ3v) is 6.77. The average molecular weight is 595 g/mol. The Bertz CT molecular complexity index is 1280. The molecule has 1 fully saturated rings. The number of likely N-dealkylation sites (tertiary alicyclic amines) is 1. The smallest absolute Gasteiger partial charge is 0.326 e. The number of nitrogens with two attached hydrogens (primary N) is 1. The van der Waals surface area contributed by atoms with Crippen LogP contribution in [0.15, 0.2) is 42.5 Å². The summed E-state index contributed by atoms with van der Waals surface area (Å²) < 4.78 is 46.0. The molecule has 11 nitrogen and oxygen atoms in total. The number of halogens is 3. The van der Waals surface area contributed by atoms with Gasteiger partial charge in [0.05, 0.1) is 19.3 Å². The minimum absolute atomic E-state index is 0.116. The van der Waals surface area contributed by atoms with Gasteiger partial charge < -0.3 is 30.9 Å². The van der Waals surface area contributed by atoms with Crippen LogP contribution in [0.4, 0.5) is 13.2 Å². The van der Waals surface area contributed by atoms with Crippen LogP contribution in [0.2, 0.25) is 0 Å². The maximum Gasteiger partial charge on any atom is 0.326 e. The van der Waals surface area contributed by atoms with E-state index in [1.54, 1.807) is 0 Å².